The second-order valence-electron chi connectivity index (χ2n) is 4.33. The van der Waals surface area contributed by atoms with Crippen molar-refractivity contribution in [2.75, 3.05) is 5.73 Å². The Labute approximate surface area is 105 Å². The summed E-state index contributed by atoms with van der Waals surface area (Å²) in [5, 5.41) is 2.58. The van der Waals surface area contributed by atoms with E-state index in [0.29, 0.717) is 16.8 Å². The van der Waals surface area contributed by atoms with Crippen LogP contribution in [0.1, 0.15) is 18.4 Å². The lowest BCUT2D eigenvalue weighted by Crippen LogP contribution is -1.89. The number of fused-ring (bicyclic) bond motifs is 1. The third-order valence-electron chi connectivity index (χ3n) is 2.81. The van der Waals surface area contributed by atoms with Crippen molar-refractivity contribution >= 4 is 28.2 Å². The summed E-state index contributed by atoms with van der Waals surface area (Å²) in [7, 11) is 0. The van der Waals surface area contributed by atoms with Gasteiger partial charge in [0.05, 0.1) is 5.02 Å². The number of aromatic nitrogens is 1. The first-order chi connectivity index (χ1) is 8.22. The number of benzene rings is 1. The molecule has 1 aliphatic carbocycles. The lowest BCUT2D eigenvalue weighted by molar-refractivity contribution is 1.18. The second kappa shape index (κ2) is 3.94. The number of nitrogen functional groups attached to an aromatic ring is 1. The fourth-order valence-electron chi connectivity index (χ4n) is 1.72. The molecule has 84 valence electrons. The minimum absolute atomic E-state index is 0.501. The molecule has 3 rings (SSSR count). The van der Waals surface area contributed by atoms with Gasteiger partial charge in [0.2, 0.25) is 0 Å². The number of hydrogen-bond acceptors (Lipinski definition) is 2. The zero-order valence-electron chi connectivity index (χ0n) is 9.20. The van der Waals surface area contributed by atoms with Gasteiger partial charge in [-0.05, 0) is 36.4 Å². The Balaban J connectivity index is 2.12. The van der Waals surface area contributed by atoms with E-state index in [9.17, 15) is 0 Å². The Hall–Kier alpha value is -1.72. The van der Waals surface area contributed by atoms with Crippen LogP contribution in [0.5, 0.6) is 0 Å². The lowest BCUT2D eigenvalue weighted by Gasteiger charge is -2.02. The van der Waals surface area contributed by atoms with E-state index in [1.807, 2.05) is 18.2 Å². The van der Waals surface area contributed by atoms with Gasteiger partial charge >= 0.3 is 0 Å². The highest BCUT2D eigenvalue weighted by Gasteiger charge is 2.17. The molecule has 0 unspecified atom stereocenters. The average Bonchev–Trinajstić information content (AvgIpc) is 3.09. The van der Waals surface area contributed by atoms with Gasteiger partial charge in [0.15, 0.2) is 0 Å². The molecule has 0 aliphatic heterocycles. The molecule has 0 atom stereocenters. The highest BCUT2D eigenvalue weighted by Crippen LogP contribution is 2.28. The average molecular weight is 243 g/mol. The zero-order valence-corrected chi connectivity index (χ0v) is 9.96. The number of halogens is 1. The molecule has 1 fully saturated rings. The molecule has 3 heteroatoms. The highest BCUT2D eigenvalue weighted by atomic mass is 35.5. The zero-order chi connectivity index (χ0) is 11.8. The van der Waals surface area contributed by atoms with E-state index in [0.717, 1.165) is 16.3 Å². The van der Waals surface area contributed by atoms with Crippen molar-refractivity contribution in [2.24, 2.45) is 5.92 Å². The van der Waals surface area contributed by atoms with Crippen molar-refractivity contribution < 1.29 is 0 Å². The minimum Gasteiger partial charge on any atom is -0.384 e. The van der Waals surface area contributed by atoms with Gasteiger partial charge in [-0.2, -0.15) is 0 Å². The normalized spacial score (nSPS) is 14.4. The number of nitrogens with two attached hydrogens (primary N) is 1. The maximum Gasteiger partial charge on any atom is 0.123 e. The minimum atomic E-state index is 0.501. The van der Waals surface area contributed by atoms with Crippen molar-refractivity contribution in [2.45, 2.75) is 12.8 Å². The molecular weight excluding hydrogens is 232 g/mol. The Morgan fingerprint density at radius 3 is 2.88 bits per heavy atom. The van der Waals surface area contributed by atoms with E-state index in [4.69, 9.17) is 17.3 Å². The van der Waals surface area contributed by atoms with Crippen LogP contribution in [-0.4, -0.2) is 4.98 Å². The van der Waals surface area contributed by atoms with Gasteiger partial charge in [0.25, 0.3) is 0 Å². The van der Waals surface area contributed by atoms with Crippen LogP contribution in [0.4, 0.5) is 5.82 Å². The van der Waals surface area contributed by atoms with Gasteiger partial charge in [0.1, 0.15) is 5.82 Å². The molecule has 2 N–H and O–H groups in total. The van der Waals surface area contributed by atoms with Gasteiger partial charge in [-0.3, -0.25) is 0 Å². The monoisotopic (exact) mass is 242 g/mol. The number of anilines is 1. The number of rotatable bonds is 0. The summed E-state index contributed by atoms with van der Waals surface area (Å²) >= 11 is 6.20. The number of nitrogens with zero attached hydrogens (tertiary/aromatic N) is 1. The first kappa shape index (κ1) is 10.4. The van der Waals surface area contributed by atoms with Gasteiger partial charge < -0.3 is 5.73 Å². The molecule has 0 bridgehead atoms. The molecule has 2 nitrogen and oxygen atoms in total. The molecule has 0 saturated heterocycles. The van der Waals surface area contributed by atoms with Crippen LogP contribution in [0, 0.1) is 17.8 Å². The van der Waals surface area contributed by atoms with Gasteiger partial charge in [-0.1, -0.05) is 23.4 Å². The van der Waals surface area contributed by atoms with Crippen molar-refractivity contribution in [3.05, 3.63) is 35.0 Å². The molecular formula is C14H11ClN2. The SMILES string of the molecule is Nc1cc2cc(C#CC3CC3)cc(Cl)c2cn1. The molecule has 1 aromatic carbocycles. The summed E-state index contributed by atoms with van der Waals surface area (Å²) in [5.74, 6) is 7.48. The maximum absolute atomic E-state index is 6.20. The van der Waals surface area contributed by atoms with E-state index in [1.165, 1.54) is 12.8 Å². The van der Waals surface area contributed by atoms with Crippen molar-refractivity contribution in [1.82, 2.24) is 4.98 Å². The van der Waals surface area contributed by atoms with E-state index in [-0.39, 0.29) is 0 Å². The Kier molecular flexibility index (Phi) is 2.42. The van der Waals surface area contributed by atoms with Crippen LogP contribution in [0.15, 0.2) is 24.4 Å². The summed E-state index contributed by atoms with van der Waals surface area (Å²) in [4.78, 5) is 4.04. The Morgan fingerprint density at radius 2 is 2.12 bits per heavy atom. The molecule has 1 heterocycles. The molecule has 2 aromatic rings. The maximum atomic E-state index is 6.20. The van der Waals surface area contributed by atoms with Crippen LogP contribution >= 0.6 is 11.6 Å². The van der Waals surface area contributed by atoms with Crippen LogP contribution in [0.3, 0.4) is 0 Å². The first-order valence-corrected chi connectivity index (χ1v) is 5.96. The van der Waals surface area contributed by atoms with Crippen LogP contribution in [0.2, 0.25) is 5.02 Å². The Morgan fingerprint density at radius 1 is 1.29 bits per heavy atom. The summed E-state index contributed by atoms with van der Waals surface area (Å²) < 4.78 is 0. The molecule has 1 aromatic heterocycles. The van der Waals surface area contributed by atoms with Gasteiger partial charge in [-0.25, -0.2) is 4.98 Å². The molecule has 0 radical (unpaired) electrons. The third kappa shape index (κ3) is 2.20. The van der Waals surface area contributed by atoms with Crippen molar-refractivity contribution in [3.63, 3.8) is 0 Å². The Bertz CT molecular complexity index is 648. The second-order valence-corrected chi connectivity index (χ2v) is 4.74. The largest absolute Gasteiger partial charge is 0.384 e. The molecule has 0 amide bonds. The van der Waals surface area contributed by atoms with Crippen LogP contribution in [0.25, 0.3) is 10.8 Å². The van der Waals surface area contributed by atoms with Gasteiger partial charge in [0, 0.05) is 23.1 Å². The molecule has 17 heavy (non-hydrogen) atoms. The highest BCUT2D eigenvalue weighted by molar-refractivity contribution is 6.35. The van der Waals surface area contributed by atoms with Gasteiger partial charge in [-0.15, -0.1) is 0 Å². The van der Waals surface area contributed by atoms with Crippen molar-refractivity contribution in [3.8, 4) is 11.8 Å². The quantitative estimate of drug-likeness (QED) is 0.721. The van der Waals surface area contributed by atoms with E-state index in [1.54, 1.807) is 6.20 Å². The summed E-state index contributed by atoms with van der Waals surface area (Å²) in [6, 6.07) is 5.72. The molecule has 1 saturated carbocycles. The molecule has 0 spiro atoms. The number of pyridine rings is 1. The first-order valence-electron chi connectivity index (χ1n) is 5.59. The predicted molar refractivity (Wildman–Crippen MR) is 70.8 cm³/mol. The summed E-state index contributed by atoms with van der Waals surface area (Å²) in [5.41, 5.74) is 6.61. The van der Waals surface area contributed by atoms with E-state index >= 15 is 0 Å². The van der Waals surface area contributed by atoms with Crippen LogP contribution in [-0.2, 0) is 0 Å². The third-order valence-corrected chi connectivity index (χ3v) is 3.12. The fourth-order valence-corrected chi connectivity index (χ4v) is 1.99. The van der Waals surface area contributed by atoms with Crippen LogP contribution < -0.4 is 5.73 Å². The van der Waals surface area contributed by atoms with E-state index in [2.05, 4.69) is 16.8 Å². The smallest absolute Gasteiger partial charge is 0.123 e. The predicted octanol–water partition coefficient (Wildman–Crippen LogP) is 3.23. The fraction of sp³-hybridized carbons (Fsp3) is 0.214. The number of hydrogen-bond donors (Lipinski definition) is 1. The van der Waals surface area contributed by atoms with Crippen molar-refractivity contribution in [1.29, 1.82) is 0 Å². The summed E-state index contributed by atoms with van der Waals surface area (Å²) in [6.07, 6.45) is 4.15. The molecule has 1 aliphatic rings. The van der Waals surface area contributed by atoms with E-state index < -0.39 is 0 Å². The topological polar surface area (TPSA) is 38.9 Å². The standard InChI is InChI=1S/C14H11ClN2/c15-13-6-10(4-3-9-1-2-9)5-11-7-14(16)17-8-12(11)13/h5-9H,1-2H2,(H2,16,17). The lowest BCUT2D eigenvalue weighted by atomic mass is 10.1. The summed E-state index contributed by atoms with van der Waals surface area (Å²) in [6.45, 7) is 0.